The van der Waals surface area contributed by atoms with Gasteiger partial charge in [0.1, 0.15) is 11.5 Å². The van der Waals surface area contributed by atoms with Crippen molar-refractivity contribution in [1.29, 1.82) is 0 Å². The van der Waals surface area contributed by atoms with Crippen LogP contribution in [0, 0.1) is 0 Å². The number of carbonyl (C=O) groups excluding carboxylic acids is 1. The lowest BCUT2D eigenvalue weighted by Gasteiger charge is -2.24. The number of rotatable bonds is 2. The van der Waals surface area contributed by atoms with E-state index in [0.29, 0.717) is 11.5 Å². The zero-order chi connectivity index (χ0) is 11.6. The van der Waals surface area contributed by atoms with Gasteiger partial charge in [0.2, 0.25) is 0 Å². The van der Waals surface area contributed by atoms with Crippen LogP contribution in [-0.2, 0) is 0 Å². The molecule has 1 aliphatic rings. The summed E-state index contributed by atoms with van der Waals surface area (Å²) < 4.78 is 0. The molecule has 0 bridgehead atoms. The molecule has 3 N–H and O–H groups in total. The minimum Gasteiger partial charge on any atom is -0.382 e. The molecule has 86 valence electrons. The third-order valence-corrected chi connectivity index (χ3v) is 3.03. The van der Waals surface area contributed by atoms with E-state index in [1.165, 1.54) is 25.2 Å². The van der Waals surface area contributed by atoms with Gasteiger partial charge in [-0.1, -0.05) is 12.8 Å². The van der Waals surface area contributed by atoms with Gasteiger partial charge in [0, 0.05) is 5.54 Å². The van der Waals surface area contributed by atoms with E-state index in [1.54, 1.807) is 0 Å². The van der Waals surface area contributed by atoms with Gasteiger partial charge in [-0.3, -0.25) is 4.79 Å². The second kappa shape index (κ2) is 4.08. The molecule has 2 rings (SSSR count). The lowest BCUT2D eigenvalue weighted by atomic mass is 10.0. The Balaban J connectivity index is 2.05. The van der Waals surface area contributed by atoms with Crippen LogP contribution in [0.2, 0.25) is 0 Å². The first-order chi connectivity index (χ1) is 7.59. The van der Waals surface area contributed by atoms with Crippen molar-refractivity contribution in [3.8, 4) is 0 Å². The Morgan fingerprint density at radius 2 is 2.06 bits per heavy atom. The van der Waals surface area contributed by atoms with Gasteiger partial charge in [0.15, 0.2) is 0 Å². The van der Waals surface area contributed by atoms with E-state index in [0.717, 1.165) is 12.8 Å². The summed E-state index contributed by atoms with van der Waals surface area (Å²) in [6.07, 6.45) is 7.20. The minimum absolute atomic E-state index is 0.0832. The highest BCUT2D eigenvalue weighted by Gasteiger charge is 2.30. The molecule has 0 radical (unpaired) electrons. The van der Waals surface area contributed by atoms with Crippen molar-refractivity contribution in [3.63, 3.8) is 0 Å². The summed E-state index contributed by atoms with van der Waals surface area (Å²) in [5.41, 5.74) is 5.65. The topological polar surface area (TPSA) is 80.9 Å². The number of nitrogen functional groups attached to an aromatic ring is 1. The average molecular weight is 220 g/mol. The molecule has 1 aliphatic carbocycles. The van der Waals surface area contributed by atoms with Crippen LogP contribution in [0.15, 0.2) is 12.4 Å². The summed E-state index contributed by atoms with van der Waals surface area (Å²) in [4.78, 5) is 19.7. The van der Waals surface area contributed by atoms with E-state index in [1.807, 2.05) is 0 Å². The van der Waals surface area contributed by atoms with Crippen molar-refractivity contribution in [1.82, 2.24) is 15.3 Å². The Morgan fingerprint density at radius 3 is 2.62 bits per heavy atom. The first-order valence-electron chi connectivity index (χ1n) is 5.49. The molecule has 0 saturated heterocycles. The van der Waals surface area contributed by atoms with Gasteiger partial charge in [-0.05, 0) is 19.8 Å². The van der Waals surface area contributed by atoms with Crippen LogP contribution < -0.4 is 11.1 Å². The number of nitrogens with two attached hydrogens (primary N) is 1. The Morgan fingerprint density at radius 1 is 1.38 bits per heavy atom. The maximum atomic E-state index is 11.9. The first-order valence-corrected chi connectivity index (χ1v) is 5.49. The highest BCUT2D eigenvalue weighted by molar-refractivity contribution is 5.92. The molecule has 1 fully saturated rings. The smallest absolute Gasteiger partial charge is 0.271 e. The Bertz CT molecular complexity index is 381. The third kappa shape index (κ3) is 2.29. The van der Waals surface area contributed by atoms with Crippen LogP contribution in [0.4, 0.5) is 5.82 Å². The zero-order valence-corrected chi connectivity index (χ0v) is 9.36. The Kier molecular flexibility index (Phi) is 2.77. The van der Waals surface area contributed by atoms with Gasteiger partial charge < -0.3 is 11.1 Å². The van der Waals surface area contributed by atoms with Gasteiger partial charge in [0.25, 0.3) is 5.91 Å². The lowest BCUT2D eigenvalue weighted by Crippen LogP contribution is -2.43. The summed E-state index contributed by atoms with van der Waals surface area (Å²) in [6, 6.07) is 0. The molecule has 1 saturated carbocycles. The quantitative estimate of drug-likeness (QED) is 0.782. The molecule has 0 spiro atoms. The average Bonchev–Trinajstić information content (AvgIpc) is 2.65. The summed E-state index contributed by atoms with van der Waals surface area (Å²) in [5.74, 6) is 0.153. The number of amides is 1. The van der Waals surface area contributed by atoms with Crippen molar-refractivity contribution < 1.29 is 4.79 Å². The molecular weight excluding hydrogens is 204 g/mol. The third-order valence-electron chi connectivity index (χ3n) is 3.03. The molecule has 5 nitrogen and oxygen atoms in total. The van der Waals surface area contributed by atoms with E-state index in [2.05, 4.69) is 22.2 Å². The van der Waals surface area contributed by atoms with Crippen molar-refractivity contribution in [3.05, 3.63) is 18.1 Å². The number of aromatic nitrogens is 2. The number of hydrogen-bond donors (Lipinski definition) is 2. The summed E-state index contributed by atoms with van der Waals surface area (Å²) in [5, 5.41) is 3.01. The monoisotopic (exact) mass is 220 g/mol. The predicted molar refractivity (Wildman–Crippen MR) is 60.8 cm³/mol. The fourth-order valence-corrected chi connectivity index (χ4v) is 2.07. The number of nitrogens with zero attached hydrogens (tertiary/aromatic N) is 2. The number of hydrogen-bond acceptors (Lipinski definition) is 4. The highest BCUT2D eigenvalue weighted by Crippen LogP contribution is 2.28. The Hall–Kier alpha value is -1.65. The van der Waals surface area contributed by atoms with Crippen LogP contribution in [0.3, 0.4) is 0 Å². The van der Waals surface area contributed by atoms with Crippen LogP contribution in [-0.4, -0.2) is 21.4 Å². The van der Waals surface area contributed by atoms with Gasteiger partial charge in [0.05, 0.1) is 12.4 Å². The molecule has 0 atom stereocenters. The largest absolute Gasteiger partial charge is 0.382 e. The molecule has 5 heteroatoms. The molecule has 1 aromatic rings. The SMILES string of the molecule is CC1(NC(=O)c2cnc(N)cn2)CCCC1. The molecular formula is C11H16N4O. The molecule has 0 unspecified atom stereocenters. The normalized spacial score (nSPS) is 18.3. The van der Waals surface area contributed by atoms with E-state index in [4.69, 9.17) is 5.73 Å². The second-order valence-corrected chi connectivity index (χ2v) is 4.55. The maximum absolute atomic E-state index is 11.9. The molecule has 1 heterocycles. The molecule has 1 amide bonds. The highest BCUT2D eigenvalue weighted by atomic mass is 16.2. The maximum Gasteiger partial charge on any atom is 0.271 e. The molecule has 0 aliphatic heterocycles. The van der Waals surface area contributed by atoms with E-state index >= 15 is 0 Å². The van der Waals surface area contributed by atoms with Gasteiger partial charge in [-0.2, -0.15) is 0 Å². The van der Waals surface area contributed by atoms with Gasteiger partial charge in [-0.15, -0.1) is 0 Å². The number of anilines is 1. The lowest BCUT2D eigenvalue weighted by molar-refractivity contribution is 0.0902. The minimum atomic E-state index is -0.170. The van der Waals surface area contributed by atoms with Crippen LogP contribution in [0.1, 0.15) is 43.1 Å². The van der Waals surface area contributed by atoms with Crippen molar-refractivity contribution in [2.24, 2.45) is 0 Å². The summed E-state index contributed by atoms with van der Waals surface area (Å²) in [7, 11) is 0. The number of nitrogens with one attached hydrogen (secondary N) is 1. The van der Waals surface area contributed by atoms with Gasteiger partial charge in [-0.25, -0.2) is 9.97 Å². The number of carbonyl (C=O) groups is 1. The summed E-state index contributed by atoms with van der Waals surface area (Å²) in [6.45, 7) is 2.07. The van der Waals surface area contributed by atoms with Crippen molar-refractivity contribution in [2.45, 2.75) is 38.1 Å². The Labute approximate surface area is 94.5 Å². The predicted octanol–water partition coefficient (Wildman–Crippen LogP) is 1.12. The fraction of sp³-hybridized carbons (Fsp3) is 0.545. The van der Waals surface area contributed by atoms with Crippen LogP contribution in [0.25, 0.3) is 0 Å². The van der Waals surface area contributed by atoms with Crippen molar-refractivity contribution >= 4 is 11.7 Å². The van der Waals surface area contributed by atoms with Crippen LogP contribution in [0.5, 0.6) is 0 Å². The standard InChI is InChI=1S/C11H16N4O/c1-11(4-2-3-5-11)15-10(16)8-6-14-9(12)7-13-8/h6-7H,2-5H2,1H3,(H2,12,14)(H,15,16). The van der Waals surface area contributed by atoms with E-state index in [-0.39, 0.29) is 11.4 Å². The van der Waals surface area contributed by atoms with Gasteiger partial charge >= 0.3 is 0 Å². The second-order valence-electron chi connectivity index (χ2n) is 4.55. The molecule has 16 heavy (non-hydrogen) atoms. The summed E-state index contributed by atoms with van der Waals surface area (Å²) >= 11 is 0. The van der Waals surface area contributed by atoms with E-state index < -0.39 is 0 Å². The zero-order valence-electron chi connectivity index (χ0n) is 9.36. The van der Waals surface area contributed by atoms with Crippen LogP contribution >= 0.6 is 0 Å². The van der Waals surface area contributed by atoms with Crippen molar-refractivity contribution in [2.75, 3.05) is 5.73 Å². The fourth-order valence-electron chi connectivity index (χ4n) is 2.07. The molecule has 1 aromatic heterocycles. The first kappa shape index (κ1) is 10.9. The van der Waals surface area contributed by atoms with E-state index in [9.17, 15) is 4.79 Å². The molecule has 0 aromatic carbocycles.